The molecule has 2 unspecified atom stereocenters. The highest BCUT2D eigenvalue weighted by Gasteiger charge is 2.42. The molecule has 12 nitrogen and oxygen atoms in total. The maximum Gasteiger partial charge on any atom is 0.331 e. The van der Waals surface area contributed by atoms with Crippen LogP contribution < -0.4 is 5.32 Å². The van der Waals surface area contributed by atoms with Gasteiger partial charge in [0, 0.05) is 49.1 Å². The van der Waals surface area contributed by atoms with Crippen LogP contribution in [0.4, 0.5) is 5.69 Å². The summed E-state index contributed by atoms with van der Waals surface area (Å²) in [4.78, 5) is 59.9. The number of nitrogens with zero attached hydrogens (tertiary/aromatic N) is 4. The standard InChI is InChI=1S/C39H53N7O5/c1-5-9-25-50-38(48)33(35-40-19-20-41-35)46(34(36-42-21-22-43-36)39(49)51-26-10-6-2)28-30-11-15-31(16-12-30)37(47)44-32-17-13-29(14-18-32)27-45(23-7-3)24-8-4/h11-22,33-34H,5-10,23-28H2,1-4H3,(H,40,41)(H,42,43)(H,44,47). The Kier molecular flexibility index (Phi) is 15.9. The molecule has 4 rings (SSSR count). The van der Waals surface area contributed by atoms with Gasteiger partial charge in [0.2, 0.25) is 0 Å². The van der Waals surface area contributed by atoms with Gasteiger partial charge in [0.05, 0.1) is 13.2 Å². The zero-order valence-corrected chi connectivity index (χ0v) is 30.4. The van der Waals surface area contributed by atoms with Gasteiger partial charge in [-0.15, -0.1) is 0 Å². The summed E-state index contributed by atoms with van der Waals surface area (Å²) in [5.74, 6) is -0.714. The van der Waals surface area contributed by atoms with Crippen LogP contribution in [-0.4, -0.2) is 73.9 Å². The predicted molar refractivity (Wildman–Crippen MR) is 197 cm³/mol. The second-order valence-electron chi connectivity index (χ2n) is 12.6. The molecular formula is C39H53N7O5. The molecule has 4 aromatic rings. The van der Waals surface area contributed by atoms with Crippen molar-refractivity contribution in [2.45, 2.75) is 91.4 Å². The van der Waals surface area contributed by atoms with Crippen LogP contribution in [0.3, 0.4) is 0 Å². The van der Waals surface area contributed by atoms with Gasteiger partial charge in [0.1, 0.15) is 11.6 Å². The van der Waals surface area contributed by atoms with E-state index in [1.165, 1.54) is 5.56 Å². The van der Waals surface area contributed by atoms with E-state index in [1.807, 2.05) is 38.1 Å². The van der Waals surface area contributed by atoms with E-state index in [4.69, 9.17) is 9.47 Å². The number of aromatic amines is 2. The molecule has 2 atom stereocenters. The van der Waals surface area contributed by atoms with Gasteiger partial charge in [-0.05, 0) is 74.2 Å². The van der Waals surface area contributed by atoms with Crippen molar-refractivity contribution >= 4 is 23.5 Å². The molecule has 2 heterocycles. The monoisotopic (exact) mass is 699 g/mol. The van der Waals surface area contributed by atoms with E-state index in [0.717, 1.165) is 50.9 Å². The van der Waals surface area contributed by atoms with Crippen LogP contribution in [0.15, 0.2) is 73.3 Å². The Morgan fingerprint density at radius 2 is 1.18 bits per heavy atom. The molecule has 3 N–H and O–H groups in total. The normalized spacial score (nSPS) is 12.5. The highest BCUT2D eigenvalue weighted by atomic mass is 16.5. The third-order valence-electron chi connectivity index (χ3n) is 8.43. The van der Waals surface area contributed by atoms with Gasteiger partial charge in [-0.3, -0.25) is 14.6 Å². The minimum Gasteiger partial charge on any atom is -0.464 e. The van der Waals surface area contributed by atoms with Crippen molar-refractivity contribution in [3.8, 4) is 0 Å². The number of hydrogen-bond acceptors (Lipinski definition) is 9. The van der Waals surface area contributed by atoms with E-state index in [9.17, 15) is 14.4 Å². The zero-order valence-electron chi connectivity index (χ0n) is 30.4. The highest BCUT2D eigenvalue weighted by Crippen LogP contribution is 2.32. The molecule has 12 heteroatoms. The third-order valence-corrected chi connectivity index (χ3v) is 8.43. The van der Waals surface area contributed by atoms with E-state index in [1.54, 1.807) is 41.8 Å². The van der Waals surface area contributed by atoms with Crippen LogP contribution in [0, 0.1) is 0 Å². The Labute approximate surface area is 301 Å². The number of nitrogens with one attached hydrogen (secondary N) is 3. The first kappa shape index (κ1) is 39.0. The molecule has 0 saturated heterocycles. The number of rotatable bonds is 22. The Hall–Kier alpha value is -4.81. The predicted octanol–water partition coefficient (Wildman–Crippen LogP) is 6.98. The van der Waals surface area contributed by atoms with Crippen molar-refractivity contribution in [1.29, 1.82) is 0 Å². The largest absolute Gasteiger partial charge is 0.464 e. The molecule has 0 aliphatic heterocycles. The maximum atomic E-state index is 13.8. The number of esters is 2. The number of anilines is 1. The van der Waals surface area contributed by atoms with E-state index in [-0.39, 0.29) is 25.7 Å². The molecule has 0 aliphatic carbocycles. The van der Waals surface area contributed by atoms with E-state index >= 15 is 0 Å². The number of benzene rings is 2. The molecule has 0 saturated carbocycles. The lowest BCUT2D eigenvalue weighted by Gasteiger charge is -2.33. The van der Waals surface area contributed by atoms with Crippen molar-refractivity contribution in [2.24, 2.45) is 0 Å². The number of carbonyl (C=O) groups excluding carboxylic acids is 3. The number of ether oxygens (including phenoxy) is 2. The summed E-state index contributed by atoms with van der Waals surface area (Å²) in [5, 5.41) is 2.99. The summed E-state index contributed by atoms with van der Waals surface area (Å²) >= 11 is 0. The first-order valence-corrected chi connectivity index (χ1v) is 18.2. The molecule has 2 aromatic heterocycles. The molecule has 0 radical (unpaired) electrons. The lowest BCUT2D eigenvalue weighted by molar-refractivity contribution is -0.159. The van der Waals surface area contributed by atoms with Crippen molar-refractivity contribution in [3.63, 3.8) is 0 Å². The summed E-state index contributed by atoms with van der Waals surface area (Å²) in [6, 6.07) is 12.9. The summed E-state index contributed by atoms with van der Waals surface area (Å²) in [6.07, 6.45) is 11.7. The summed E-state index contributed by atoms with van der Waals surface area (Å²) in [5.41, 5.74) is 3.13. The van der Waals surface area contributed by atoms with Crippen molar-refractivity contribution in [2.75, 3.05) is 31.6 Å². The number of imidazole rings is 2. The number of aromatic nitrogens is 4. The quantitative estimate of drug-likeness (QED) is 0.0584. The van der Waals surface area contributed by atoms with Crippen LogP contribution >= 0.6 is 0 Å². The molecule has 274 valence electrons. The number of unbranched alkanes of at least 4 members (excludes halogenated alkanes) is 2. The molecule has 0 bridgehead atoms. The second-order valence-corrected chi connectivity index (χ2v) is 12.6. The fourth-order valence-electron chi connectivity index (χ4n) is 5.82. The van der Waals surface area contributed by atoms with Gasteiger partial charge in [-0.1, -0.05) is 64.8 Å². The van der Waals surface area contributed by atoms with Gasteiger partial charge < -0.3 is 24.8 Å². The lowest BCUT2D eigenvalue weighted by Crippen LogP contribution is -2.42. The van der Waals surface area contributed by atoms with E-state index in [2.05, 4.69) is 56.1 Å². The topological polar surface area (TPSA) is 146 Å². The van der Waals surface area contributed by atoms with E-state index < -0.39 is 24.0 Å². The van der Waals surface area contributed by atoms with Gasteiger partial charge in [-0.2, -0.15) is 0 Å². The van der Waals surface area contributed by atoms with Crippen LogP contribution in [0.1, 0.15) is 111 Å². The Balaban J connectivity index is 1.58. The van der Waals surface area contributed by atoms with Crippen molar-refractivity contribution in [3.05, 3.63) is 102 Å². The smallest absolute Gasteiger partial charge is 0.331 e. The minimum absolute atomic E-state index is 0.110. The molecule has 0 fully saturated rings. The third kappa shape index (κ3) is 11.6. The van der Waals surface area contributed by atoms with Crippen molar-refractivity contribution in [1.82, 2.24) is 29.7 Å². The van der Waals surface area contributed by atoms with Crippen LogP contribution in [-0.2, 0) is 32.2 Å². The van der Waals surface area contributed by atoms with E-state index in [0.29, 0.717) is 35.7 Å². The SMILES string of the molecule is CCCCOC(=O)C(c1ncc[nH]1)N(Cc1ccc(C(=O)Nc2ccc(CN(CCC)CCC)cc2)cc1)C(C(=O)OCCCC)c1ncc[nH]1. The molecule has 51 heavy (non-hydrogen) atoms. The maximum absolute atomic E-state index is 13.8. The molecule has 1 amide bonds. The molecule has 0 aliphatic rings. The number of carbonyl (C=O) groups is 3. The van der Waals surface area contributed by atoms with Crippen LogP contribution in [0.5, 0.6) is 0 Å². The van der Waals surface area contributed by atoms with Crippen LogP contribution in [0.2, 0.25) is 0 Å². The summed E-state index contributed by atoms with van der Waals surface area (Å²) in [7, 11) is 0. The fourth-order valence-corrected chi connectivity index (χ4v) is 5.82. The number of H-pyrrole nitrogens is 2. The number of amides is 1. The first-order valence-electron chi connectivity index (χ1n) is 18.2. The van der Waals surface area contributed by atoms with Gasteiger partial charge >= 0.3 is 11.9 Å². The highest BCUT2D eigenvalue weighted by molar-refractivity contribution is 6.04. The molecule has 0 spiro atoms. The van der Waals surface area contributed by atoms with Crippen LogP contribution in [0.25, 0.3) is 0 Å². The first-order chi connectivity index (χ1) is 24.9. The lowest BCUT2D eigenvalue weighted by atomic mass is 10.1. The Morgan fingerprint density at radius 1 is 0.686 bits per heavy atom. The minimum atomic E-state index is -1.09. The van der Waals surface area contributed by atoms with Crippen molar-refractivity contribution < 1.29 is 23.9 Å². The Bertz CT molecular complexity index is 1530. The summed E-state index contributed by atoms with van der Waals surface area (Å²) < 4.78 is 11.4. The number of hydrogen-bond donors (Lipinski definition) is 3. The summed E-state index contributed by atoms with van der Waals surface area (Å²) in [6.45, 7) is 12.0. The Morgan fingerprint density at radius 3 is 1.63 bits per heavy atom. The molecule has 2 aromatic carbocycles. The van der Waals surface area contributed by atoms with Gasteiger partial charge in [0.25, 0.3) is 5.91 Å². The van der Waals surface area contributed by atoms with Gasteiger partial charge in [-0.25, -0.2) is 19.6 Å². The second kappa shape index (κ2) is 20.8. The average Bonchev–Trinajstić information content (AvgIpc) is 3.86. The molecular weight excluding hydrogens is 646 g/mol. The van der Waals surface area contributed by atoms with Gasteiger partial charge in [0.15, 0.2) is 12.1 Å². The fraction of sp³-hybridized carbons (Fsp3) is 0.462. The zero-order chi connectivity index (χ0) is 36.4. The average molecular weight is 700 g/mol.